The zero-order valence-electron chi connectivity index (χ0n) is 15.6. The third kappa shape index (κ3) is 3.25. The number of halogens is 1. The standard InChI is InChI=1S/C19H19BrN6OS/c1-10-7-14(18-23-17-16(21)15(20)9-22-19(17)24-18)11(2)26(10)13-6-4-5-12(8-13)25-28(3)27/h4-9,25H,1-3H3,(H3,21,22,23,24). The number of nitrogen functional groups attached to an aromatic ring is 1. The van der Waals surface area contributed by atoms with Crippen molar-refractivity contribution in [3.8, 4) is 17.1 Å². The molecule has 144 valence electrons. The summed E-state index contributed by atoms with van der Waals surface area (Å²) in [6.07, 6.45) is 3.26. The Morgan fingerprint density at radius 1 is 1.29 bits per heavy atom. The summed E-state index contributed by atoms with van der Waals surface area (Å²) < 4.78 is 17.3. The van der Waals surface area contributed by atoms with Crippen LogP contribution in [-0.4, -0.2) is 30.3 Å². The van der Waals surface area contributed by atoms with E-state index in [1.165, 1.54) is 0 Å². The molecule has 9 heteroatoms. The van der Waals surface area contributed by atoms with E-state index in [9.17, 15) is 4.55 Å². The highest BCUT2D eigenvalue weighted by Gasteiger charge is 2.17. The number of anilines is 2. The molecule has 0 spiro atoms. The van der Waals surface area contributed by atoms with Crippen LogP contribution in [0.5, 0.6) is 0 Å². The van der Waals surface area contributed by atoms with Gasteiger partial charge in [0, 0.05) is 28.8 Å². The molecule has 1 aromatic carbocycles. The molecule has 3 heterocycles. The topological polar surface area (TPSA) is 108 Å². The summed E-state index contributed by atoms with van der Waals surface area (Å²) >= 11 is 2.27. The van der Waals surface area contributed by atoms with E-state index in [-0.39, 0.29) is 0 Å². The fraction of sp³-hybridized carbons (Fsp3) is 0.158. The van der Waals surface area contributed by atoms with Crippen molar-refractivity contribution < 1.29 is 4.55 Å². The molecule has 4 rings (SSSR count). The van der Waals surface area contributed by atoms with Crippen molar-refractivity contribution in [2.75, 3.05) is 16.7 Å². The Morgan fingerprint density at radius 2 is 2.07 bits per heavy atom. The normalized spacial score (nSPS) is 12.5. The summed E-state index contributed by atoms with van der Waals surface area (Å²) in [7, 11) is 0. The van der Waals surface area contributed by atoms with Gasteiger partial charge in [0.2, 0.25) is 0 Å². The second kappa shape index (κ2) is 7.16. The molecule has 0 aliphatic heterocycles. The first-order chi connectivity index (χ1) is 13.3. The molecule has 0 aliphatic carbocycles. The largest absolute Gasteiger partial charge is 0.593 e. The molecule has 1 unspecified atom stereocenters. The maximum absolute atomic E-state index is 11.5. The minimum absolute atomic E-state index is 0.581. The first-order valence-corrected chi connectivity index (χ1v) is 10.9. The number of pyridine rings is 1. The number of nitrogens with two attached hydrogens (primary N) is 1. The molecule has 0 amide bonds. The van der Waals surface area contributed by atoms with Gasteiger partial charge in [-0.25, -0.2) is 14.7 Å². The number of fused-ring (bicyclic) bond motifs is 1. The zero-order valence-corrected chi connectivity index (χ0v) is 18.0. The molecule has 0 fully saturated rings. The van der Waals surface area contributed by atoms with E-state index in [0.29, 0.717) is 16.9 Å². The number of aromatic nitrogens is 4. The molecule has 0 aliphatic rings. The van der Waals surface area contributed by atoms with Crippen LogP contribution in [0, 0.1) is 13.8 Å². The highest BCUT2D eigenvalue weighted by molar-refractivity contribution is 9.10. The third-order valence-electron chi connectivity index (χ3n) is 4.56. The van der Waals surface area contributed by atoms with Crippen LogP contribution in [-0.2, 0) is 11.4 Å². The quantitative estimate of drug-likeness (QED) is 0.399. The predicted octanol–water partition coefficient (Wildman–Crippen LogP) is 4.08. The molecule has 0 saturated heterocycles. The van der Waals surface area contributed by atoms with E-state index in [4.69, 9.17) is 5.73 Å². The number of aromatic amines is 1. The van der Waals surface area contributed by atoms with E-state index in [2.05, 4.69) is 46.2 Å². The van der Waals surface area contributed by atoms with Crippen LogP contribution in [0.25, 0.3) is 28.2 Å². The van der Waals surface area contributed by atoms with Crippen LogP contribution in [0.15, 0.2) is 41.0 Å². The maximum Gasteiger partial charge on any atom is 0.180 e. The van der Waals surface area contributed by atoms with E-state index >= 15 is 0 Å². The van der Waals surface area contributed by atoms with Crippen LogP contribution in [0.2, 0.25) is 0 Å². The molecule has 4 N–H and O–H groups in total. The average molecular weight is 459 g/mol. The van der Waals surface area contributed by atoms with Crippen molar-refractivity contribution in [1.82, 2.24) is 19.5 Å². The number of nitrogens with one attached hydrogen (secondary N) is 2. The zero-order chi connectivity index (χ0) is 20.0. The lowest BCUT2D eigenvalue weighted by Gasteiger charge is -2.12. The number of imidazole rings is 1. The fourth-order valence-corrected chi connectivity index (χ4v) is 4.11. The Bertz CT molecular complexity index is 1180. The van der Waals surface area contributed by atoms with Gasteiger partial charge in [0.25, 0.3) is 0 Å². The van der Waals surface area contributed by atoms with Crippen molar-refractivity contribution in [3.63, 3.8) is 0 Å². The van der Waals surface area contributed by atoms with Gasteiger partial charge in [-0.2, -0.15) is 0 Å². The number of aryl methyl sites for hydroxylation is 1. The summed E-state index contributed by atoms with van der Waals surface area (Å²) in [6, 6.07) is 9.90. The highest BCUT2D eigenvalue weighted by atomic mass is 79.9. The Labute approximate surface area is 173 Å². The van der Waals surface area contributed by atoms with Gasteiger partial charge < -0.3 is 19.8 Å². The number of hydrogen-bond donors (Lipinski definition) is 3. The van der Waals surface area contributed by atoms with E-state index in [1.807, 2.05) is 38.1 Å². The minimum Gasteiger partial charge on any atom is -0.593 e. The SMILES string of the molecule is Cc1cc(-c2nc3ncc(Br)c(N)c3[nH]2)c(C)n1-c1cccc(N[S+](C)[O-])c1. The molecule has 4 aromatic rings. The van der Waals surface area contributed by atoms with Gasteiger partial charge in [-0.1, -0.05) is 6.07 Å². The summed E-state index contributed by atoms with van der Waals surface area (Å²) in [5, 5.41) is 0. The van der Waals surface area contributed by atoms with Crippen molar-refractivity contribution in [2.24, 2.45) is 0 Å². The van der Waals surface area contributed by atoms with E-state index in [1.54, 1.807) is 12.5 Å². The molecule has 1 atom stereocenters. The summed E-state index contributed by atoms with van der Waals surface area (Å²) in [4.78, 5) is 12.2. The molecular weight excluding hydrogens is 440 g/mol. The maximum atomic E-state index is 11.5. The van der Waals surface area contributed by atoms with Crippen LogP contribution < -0.4 is 10.5 Å². The molecule has 7 nitrogen and oxygen atoms in total. The number of hydrogen-bond acceptors (Lipinski definition) is 5. The molecule has 3 aromatic heterocycles. The summed E-state index contributed by atoms with van der Waals surface area (Å²) in [5.74, 6) is 0.718. The Hall–Kier alpha value is -2.49. The third-order valence-corrected chi connectivity index (χ3v) is 5.72. The lowest BCUT2D eigenvalue weighted by Crippen LogP contribution is -2.10. The Balaban J connectivity index is 1.81. The number of nitrogens with zero attached hydrogens (tertiary/aromatic N) is 3. The van der Waals surface area contributed by atoms with Crippen molar-refractivity contribution in [1.29, 1.82) is 0 Å². The monoisotopic (exact) mass is 458 g/mol. The van der Waals surface area contributed by atoms with E-state index < -0.39 is 11.4 Å². The van der Waals surface area contributed by atoms with Crippen molar-refractivity contribution >= 4 is 49.8 Å². The number of benzene rings is 1. The molecule has 0 saturated carbocycles. The van der Waals surface area contributed by atoms with Crippen molar-refractivity contribution in [3.05, 3.63) is 52.4 Å². The van der Waals surface area contributed by atoms with Gasteiger partial charge in [-0.15, -0.1) is 0 Å². The Morgan fingerprint density at radius 3 is 2.82 bits per heavy atom. The fourth-order valence-electron chi connectivity index (χ4n) is 3.35. The molecule has 28 heavy (non-hydrogen) atoms. The van der Waals surface area contributed by atoms with Gasteiger partial charge in [-0.05, 0) is 54.0 Å². The van der Waals surface area contributed by atoms with Gasteiger partial charge >= 0.3 is 0 Å². The number of rotatable bonds is 4. The van der Waals surface area contributed by atoms with Crippen LogP contribution in [0.4, 0.5) is 11.4 Å². The second-order valence-corrected chi connectivity index (χ2v) is 8.50. The first-order valence-electron chi connectivity index (χ1n) is 8.54. The first kappa shape index (κ1) is 18.9. The minimum atomic E-state index is -1.13. The van der Waals surface area contributed by atoms with Gasteiger partial charge in [0.15, 0.2) is 5.65 Å². The average Bonchev–Trinajstić information content (AvgIpc) is 3.19. The summed E-state index contributed by atoms with van der Waals surface area (Å²) in [6.45, 7) is 4.08. The predicted molar refractivity (Wildman–Crippen MR) is 118 cm³/mol. The van der Waals surface area contributed by atoms with Crippen LogP contribution in [0.3, 0.4) is 0 Å². The smallest absolute Gasteiger partial charge is 0.180 e. The van der Waals surface area contributed by atoms with Crippen LogP contribution >= 0.6 is 15.9 Å². The van der Waals surface area contributed by atoms with Gasteiger partial charge in [-0.3, -0.25) is 0 Å². The van der Waals surface area contributed by atoms with Gasteiger partial charge in [0.1, 0.15) is 17.6 Å². The van der Waals surface area contributed by atoms with E-state index in [0.717, 1.165) is 38.6 Å². The molecular formula is C19H19BrN6OS. The lowest BCUT2D eigenvalue weighted by molar-refractivity contribution is 0.605. The number of H-pyrrole nitrogens is 1. The van der Waals surface area contributed by atoms with Gasteiger partial charge in [0.05, 0.1) is 27.2 Å². The highest BCUT2D eigenvalue weighted by Crippen LogP contribution is 2.32. The molecule has 0 radical (unpaired) electrons. The molecule has 0 bridgehead atoms. The van der Waals surface area contributed by atoms with Crippen molar-refractivity contribution in [2.45, 2.75) is 13.8 Å². The lowest BCUT2D eigenvalue weighted by atomic mass is 10.2. The van der Waals surface area contributed by atoms with Crippen LogP contribution in [0.1, 0.15) is 11.4 Å². The Kier molecular flexibility index (Phi) is 4.82. The summed E-state index contributed by atoms with van der Waals surface area (Å²) in [5.41, 5.74) is 12.9. The second-order valence-electron chi connectivity index (χ2n) is 6.53.